The van der Waals surface area contributed by atoms with Crippen LogP contribution in [0.2, 0.25) is 0 Å². The Labute approximate surface area is 146 Å². The number of benzene rings is 2. The number of carbonyl (C=O) groups excluding carboxylic acids is 1. The molecule has 2 aromatic rings. The summed E-state index contributed by atoms with van der Waals surface area (Å²) in [6.45, 7) is 3.49. The first kappa shape index (κ1) is 18.8. The summed E-state index contributed by atoms with van der Waals surface area (Å²) in [5, 5.41) is 2.60. The number of sulfonamides is 1. The molecule has 0 aliphatic carbocycles. The van der Waals surface area contributed by atoms with Crippen LogP contribution >= 0.6 is 0 Å². The van der Waals surface area contributed by atoms with Gasteiger partial charge in [-0.25, -0.2) is 17.5 Å². The molecule has 1 amide bonds. The molecule has 25 heavy (non-hydrogen) atoms. The van der Waals surface area contributed by atoms with Gasteiger partial charge in [0.2, 0.25) is 15.9 Å². The van der Waals surface area contributed by atoms with Crippen molar-refractivity contribution in [2.24, 2.45) is 0 Å². The van der Waals surface area contributed by atoms with E-state index in [9.17, 15) is 17.6 Å². The van der Waals surface area contributed by atoms with Crippen molar-refractivity contribution in [2.75, 3.05) is 5.32 Å². The standard InChI is InChI=1S/C18H19FN2O3S/c1-13(2)21-25(23,24)17-10-3-14(4-11-17)5-12-18(22)20-16-8-6-15(19)7-9-16/h3-13,21H,1-2H3,(H,20,22)/b12-5+. The predicted octanol–water partition coefficient (Wildman–Crippen LogP) is 3.16. The predicted molar refractivity (Wildman–Crippen MR) is 96.0 cm³/mol. The molecular formula is C18H19FN2O3S. The fourth-order valence-corrected chi connectivity index (χ4v) is 3.28. The summed E-state index contributed by atoms with van der Waals surface area (Å²) < 4.78 is 39.4. The number of carbonyl (C=O) groups is 1. The van der Waals surface area contributed by atoms with Crippen LogP contribution in [-0.2, 0) is 14.8 Å². The lowest BCUT2D eigenvalue weighted by atomic mass is 10.2. The van der Waals surface area contributed by atoms with Crippen molar-refractivity contribution < 1.29 is 17.6 Å². The third-order valence-electron chi connectivity index (χ3n) is 3.12. The molecule has 5 nitrogen and oxygen atoms in total. The number of anilines is 1. The maximum absolute atomic E-state index is 12.8. The first-order valence-corrected chi connectivity index (χ1v) is 9.11. The van der Waals surface area contributed by atoms with Crippen molar-refractivity contribution in [3.8, 4) is 0 Å². The minimum Gasteiger partial charge on any atom is -0.323 e. The lowest BCUT2D eigenvalue weighted by Gasteiger charge is -2.09. The van der Waals surface area contributed by atoms with Crippen molar-refractivity contribution in [1.82, 2.24) is 4.72 Å². The Morgan fingerprint density at radius 1 is 1.04 bits per heavy atom. The summed E-state index contributed by atoms with van der Waals surface area (Å²) in [7, 11) is -3.54. The van der Waals surface area contributed by atoms with E-state index in [2.05, 4.69) is 10.0 Å². The third-order valence-corrected chi connectivity index (χ3v) is 4.79. The second-order valence-electron chi connectivity index (χ2n) is 5.67. The molecule has 0 heterocycles. The summed E-state index contributed by atoms with van der Waals surface area (Å²) in [5.74, 6) is -0.750. The Morgan fingerprint density at radius 2 is 1.64 bits per heavy atom. The molecule has 0 fully saturated rings. The molecule has 0 aliphatic heterocycles. The summed E-state index contributed by atoms with van der Waals surface area (Å²) in [6.07, 6.45) is 2.88. The van der Waals surface area contributed by atoms with Crippen LogP contribution in [0.1, 0.15) is 19.4 Å². The van der Waals surface area contributed by atoms with Crippen molar-refractivity contribution in [3.05, 3.63) is 66.0 Å². The maximum atomic E-state index is 12.8. The van der Waals surface area contributed by atoms with Gasteiger partial charge in [0, 0.05) is 17.8 Å². The first-order chi connectivity index (χ1) is 11.8. The van der Waals surface area contributed by atoms with Gasteiger partial charge in [0.1, 0.15) is 5.82 Å². The zero-order chi connectivity index (χ0) is 18.4. The molecule has 0 aromatic heterocycles. The van der Waals surface area contributed by atoms with Crippen LogP contribution in [0.4, 0.5) is 10.1 Å². The Hall–Kier alpha value is -2.51. The van der Waals surface area contributed by atoms with E-state index in [4.69, 9.17) is 0 Å². The van der Waals surface area contributed by atoms with Crippen LogP contribution in [-0.4, -0.2) is 20.4 Å². The van der Waals surface area contributed by atoms with E-state index in [1.165, 1.54) is 42.5 Å². The van der Waals surface area contributed by atoms with Crippen LogP contribution in [0, 0.1) is 5.82 Å². The molecule has 0 saturated carbocycles. The number of halogens is 1. The highest BCUT2D eigenvalue weighted by Gasteiger charge is 2.14. The SMILES string of the molecule is CC(C)NS(=O)(=O)c1ccc(/C=C/C(=O)Nc2ccc(F)cc2)cc1. The lowest BCUT2D eigenvalue weighted by molar-refractivity contribution is -0.111. The van der Waals surface area contributed by atoms with Crippen LogP contribution < -0.4 is 10.0 Å². The molecular weight excluding hydrogens is 343 g/mol. The van der Waals surface area contributed by atoms with E-state index in [1.807, 2.05) is 0 Å². The second kappa shape index (κ2) is 8.04. The molecule has 2 N–H and O–H groups in total. The summed E-state index contributed by atoms with van der Waals surface area (Å²) in [5.41, 5.74) is 1.16. The Bertz CT molecular complexity index is 858. The second-order valence-corrected chi connectivity index (χ2v) is 7.39. The first-order valence-electron chi connectivity index (χ1n) is 7.63. The quantitative estimate of drug-likeness (QED) is 0.775. The molecule has 0 radical (unpaired) electrons. The maximum Gasteiger partial charge on any atom is 0.248 e. The van der Waals surface area contributed by atoms with Gasteiger partial charge in [-0.05, 0) is 61.9 Å². The molecule has 0 aliphatic rings. The van der Waals surface area contributed by atoms with Crippen LogP contribution in [0.5, 0.6) is 0 Å². The molecule has 2 aromatic carbocycles. The van der Waals surface area contributed by atoms with Gasteiger partial charge in [-0.15, -0.1) is 0 Å². The highest BCUT2D eigenvalue weighted by Crippen LogP contribution is 2.13. The minimum atomic E-state index is -3.54. The summed E-state index contributed by atoms with van der Waals surface area (Å²) in [4.78, 5) is 12.0. The van der Waals surface area contributed by atoms with Gasteiger partial charge in [-0.1, -0.05) is 12.1 Å². The van der Waals surface area contributed by atoms with Gasteiger partial charge < -0.3 is 5.32 Å². The number of amides is 1. The summed E-state index contributed by atoms with van der Waals surface area (Å²) in [6, 6.07) is 11.4. The number of hydrogen-bond acceptors (Lipinski definition) is 3. The Kier molecular flexibility index (Phi) is 6.06. The zero-order valence-electron chi connectivity index (χ0n) is 13.9. The number of hydrogen-bond donors (Lipinski definition) is 2. The highest BCUT2D eigenvalue weighted by atomic mass is 32.2. The van der Waals surface area contributed by atoms with Crippen molar-refractivity contribution >= 4 is 27.7 Å². The van der Waals surface area contributed by atoms with Crippen LogP contribution in [0.25, 0.3) is 6.08 Å². The normalized spacial score (nSPS) is 11.8. The molecule has 0 atom stereocenters. The zero-order valence-corrected chi connectivity index (χ0v) is 14.7. The summed E-state index contributed by atoms with van der Waals surface area (Å²) >= 11 is 0. The molecule has 0 spiro atoms. The molecule has 7 heteroatoms. The largest absolute Gasteiger partial charge is 0.323 e. The van der Waals surface area contributed by atoms with Crippen LogP contribution in [0.3, 0.4) is 0 Å². The molecule has 0 bridgehead atoms. The van der Waals surface area contributed by atoms with Gasteiger partial charge in [0.15, 0.2) is 0 Å². The average molecular weight is 362 g/mol. The Morgan fingerprint density at radius 3 is 2.20 bits per heavy atom. The van der Waals surface area contributed by atoms with E-state index in [1.54, 1.807) is 32.1 Å². The molecule has 0 unspecified atom stereocenters. The van der Waals surface area contributed by atoms with Crippen molar-refractivity contribution in [1.29, 1.82) is 0 Å². The third kappa shape index (κ3) is 5.81. The highest BCUT2D eigenvalue weighted by molar-refractivity contribution is 7.89. The van der Waals surface area contributed by atoms with Gasteiger partial charge >= 0.3 is 0 Å². The van der Waals surface area contributed by atoms with Crippen molar-refractivity contribution in [2.45, 2.75) is 24.8 Å². The van der Waals surface area contributed by atoms with E-state index < -0.39 is 10.0 Å². The minimum absolute atomic E-state index is 0.161. The number of nitrogens with one attached hydrogen (secondary N) is 2. The fraction of sp³-hybridized carbons (Fsp3) is 0.167. The van der Waals surface area contributed by atoms with E-state index in [0.717, 1.165) is 0 Å². The average Bonchev–Trinajstić information content (AvgIpc) is 2.54. The topological polar surface area (TPSA) is 75.3 Å². The smallest absolute Gasteiger partial charge is 0.248 e. The van der Waals surface area contributed by atoms with Gasteiger partial charge in [-0.2, -0.15) is 0 Å². The molecule has 2 rings (SSSR count). The molecule has 132 valence electrons. The van der Waals surface area contributed by atoms with E-state index in [0.29, 0.717) is 11.3 Å². The lowest BCUT2D eigenvalue weighted by Crippen LogP contribution is -2.30. The molecule has 0 saturated heterocycles. The van der Waals surface area contributed by atoms with Gasteiger partial charge in [-0.3, -0.25) is 4.79 Å². The van der Waals surface area contributed by atoms with E-state index in [-0.39, 0.29) is 22.7 Å². The Balaban J connectivity index is 2.01. The fourth-order valence-electron chi connectivity index (χ4n) is 2.03. The van der Waals surface area contributed by atoms with Gasteiger partial charge in [0.25, 0.3) is 0 Å². The van der Waals surface area contributed by atoms with E-state index >= 15 is 0 Å². The van der Waals surface area contributed by atoms with Crippen LogP contribution in [0.15, 0.2) is 59.5 Å². The van der Waals surface area contributed by atoms with Gasteiger partial charge in [0.05, 0.1) is 4.90 Å². The number of rotatable bonds is 6. The van der Waals surface area contributed by atoms with Crippen molar-refractivity contribution in [3.63, 3.8) is 0 Å². The monoisotopic (exact) mass is 362 g/mol.